The Morgan fingerprint density at radius 3 is 2.29 bits per heavy atom. The minimum absolute atomic E-state index is 0.192. The standard InChI is InChI=1S/C20H21N3O5/c1-13-22-19(23-28-13)12-27-16-6-4-15(5-7-16)20(24)21-11-14-8-17(25-2)10-18(9-14)26-3/h4-10H,11-12H2,1-3H3,(H,21,24). The van der Waals surface area contributed by atoms with Crippen molar-refractivity contribution in [1.82, 2.24) is 15.5 Å². The van der Waals surface area contributed by atoms with Gasteiger partial charge in [0, 0.05) is 25.1 Å². The molecule has 0 saturated heterocycles. The Balaban J connectivity index is 1.56. The Labute approximate surface area is 162 Å². The van der Waals surface area contributed by atoms with Crippen LogP contribution in [0, 0.1) is 6.92 Å². The van der Waals surface area contributed by atoms with Crippen molar-refractivity contribution in [3.05, 3.63) is 65.3 Å². The molecule has 2 aromatic carbocycles. The molecule has 1 N–H and O–H groups in total. The number of carbonyl (C=O) groups excluding carboxylic acids is 1. The van der Waals surface area contributed by atoms with Crippen molar-refractivity contribution in [3.8, 4) is 17.2 Å². The number of nitrogens with one attached hydrogen (secondary N) is 1. The summed E-state index contributed by atoms with van der Waals surface area (Å²) in [5.41, 5.74) is 1.40. The largest absolute Gasteiger partial charge is 0.497 e. The van der Waals surface area contributed by atoms with Crippen molar-refractivity contribution in [2.24, 2.45) is 0 Å². The molecule has 28 heavy (non-hydrogen) atoms. The molecule has 0 fully saturated rings. The van der Waals surface area contributed by atoms with E-state index in [0.29, 0.717) is 41.1 Å². The Morgan fingerprint density at radius 1 is 1.04 bits per heavy atom. The van der Waals surface area contributed by atoms with Crippen molar-refractivity contribution in [1.29, 1.82) is 0 Å². The predicted octanol–water partition coefficient (Wildman–Crippen LogP) is 2.90. The van der Waals surface area contributed by atoms with E-state index in [1.54, 1.807) is 51.5 Å². The summed E-state index contributed by atoms with van der Waals surface area (Å²) in [5.74, 6) is 2.70. The summed E-state index contributed by atoms with van der Waals surface area (Å²) in [5, 5.41) is 6.64. The first-order chi connectivity index (χ1) is 13.6. The Morgan fingerprint density at radius 2 is 1.71 bits per heavy atom. The molecule has 0 spiro atoms. The van der Waals surface area contributed by atoms with E-state index in [0.717, 1.165) is 5.56 Å². The minimum atomic E-state index is -0.192. The van der Waals surface area contributed by atoms with Gasteiger partial charge in [-0.1, -0.05) is 5.16 Å². The fraction of sp³-hybridized carbons (Fsp3) is 0.250. The van der Waals surface area contributed by atoms with E-state index < -0.39 is 0 Å². The first-order valence-electron chi connectivity index (χ1n) is 8.59. The number of ether oxygens (including phenoxy) is 3. The van der Waals surface area contributed by atoms with Crippen LogP contribution in [-0.2, 0) is 13.2 Å². The summed E-state index contributed by atoms with van der Waals surface area (Å²) in [7, 11) is 3.17. The van der Waals surface area contributed by atoms with Gasteiger partial charge in [0.05, 0.1) is 14.2 Å². The normalized spacial score (nSPS) is 10.4. The van der Waals surface area contributed by atoms with Gasteiger partial charge in [-0.05, 0) is 42.0 Å². The molecule has 1 heterocycles. The first-order valence-corrected chi connectivity index (χ1v) is 8.59. The van der Waals surface area contributed by atoms with Gasteiger partial charge < -0.3 is 24.1 Å². The maximum absolute atomic E-state index is 12.4. The van der Waals surface area contributed by atoms with Gasteiger partial charge in [0.15, 0.2) is 6.61 Å². The van der Waals surface area contributed by atoms with E-state index in [4.69, 9.17) is 18.7 Å². The Bertz CT molecular complexity index is 915. The third-order valence-electron chi connectivity index (χ3n) is 3.92. The lowest BCUT2D eigenvalue weighted by Crippen LogP contribution is -2.22. The summed E-state index contributed by atoms with van der Waals surface area (Å²) in [6.07, 6.45) is 0. The SMILES string of the molecule is COc1cc(CNC(=O)c2ccc(OCc3noc(C)n3)cc2)cc(OC)c1. The number of aromatic nitrogens is 2. The highest BCUT2D eigenvalue weighted by molar-refractivity contribution is 5.94. The topological polar surface area (TPSA) is 95.7 Å². The molecule has 0 unspecified atom stereocenters. The number of carbonyl (C=O) groups is 1. The molecule has 0 aliphatic carbocycles. The maximum Gasteiger partial charge on any atom is 0.251 e. The fourth-order valence-corrected chi connectivity index (χ4v) is 2.50. The molecule has 0 aliphatic heterocycles. The van der Waals surface area contributed by atoms with Crippen LogP contribution in [0.1, 0.15) is 27.6 Å². The van der Waals surface area contributed by atoms with Crippen LogP contribution in [0.2, 0.25) is 0 Å². The zero-order valence-corrected chi connectivity index (χ0v) is 15.9. The monoisotopic (exact) mass is 383 g/mol. The van der Waals surface area contributed by atoms with Gasteiger partial charge >= 0.3 is 0 Å². The first kappa shape index (κ1) is 19.2. The van der Waals surface area contributed by atoms with E-state index in [2.05, 4.69) is 15.5 Å². The number of amides is 1. The number of rotatable bonds is 8. The van der Waals surface area contributed by atoms with Crippen LogP contribution >= 0.6 is 0 Å². The molecular formula is C20H21N3O5. The summed E-state index contributed by atoms with van der Waals surface area (Å²) >= 11 is 0. The number of hydrogen-bond acceptors (Lipinski definition) is 7. The zero-order chi connectivity index (χ0) is 19.9. The highest BCUT2D eigenvalue weighted by atomic mass is 16.5. The highest BCUT2D eigenvalue weighted by Crippen LogP contribution is 2.22. The summed E-state index contributed by atoms with van der Waals surface area (Å²) in [6.45, 7) is 2.26. The summed E-state index contributed by atoms with van der Waals surface area (Å²) in [4.78, 5) is 16.4. The van der Waals surface area contributed by atoms with Crippen LogP contribution in [0.25, 0.3) is 0 Å². The van der Waals surface area contributed by atoms with E-state index in [1.807, 2.05) is 12.1 Å². The molecule has 1 amide bonds. The minimum Gasteiger partial charge on any atom is -0.497 e. The van der Waals surface area contributed by atoms with Crippen molar-refractivity contribution < 1.29 is 23.5 Å². The van der Waals surface area contributed by atoms with Crippen LogP contribution in [0.5, 0.6) is 17.2 Å². The zero-order valence-electron chi connectivity index (χ0n) is 15.9. The lowest BCUT2D eigenvalue weighted by molar-refractivity contribution is 0.0950. The average Bonchev–Trinajstić information content (AvgIpc) is 3.15. The average molecular weight is 383 g/mol. The van der Waals surface area contributed by atoms with Crippen LogP contribution in [-0.4, -0.2) is 30.3 Å². The van der Waals surface area contributed by atoms with Gasteiger partial charge in [0.1, 0.15) is 17.2 Å². The second-order valence-electron chi connectivity index (χ2n) is 5.95. The number of methoxy groups -OCH3 is 2. The lowest BCUT2D eigenvalue weighted by atomic mass is 10.1. The van der Waals surface area contributed by atoms with Crippen molar-refractivity contribution in [3.63, 3.8) is 0 Å². The van der Waals surface area contributed by atoms with Crippen molar-refractivity contribution >= 4 is 5.91 Å². The van der Waals surface area contributed by atoms with Crippen molar-refractivity contribution in [2.75, 3.05) is 14.2 Å². The fourth-order valence-electron chi connectivity index (χ4n) is 2.50. The molecule has 1 aromatic heterocycles. The molecule has 8 heteroatoms. The predicted molar refractivity (Wildman–Crippen MR) is 101 cm³/mol. The third-order valence-corrected chi connectivity index (χ3v) is 3.92. The quantitative estimate of drug-likeness (QED) is 0.639. The third kappa shape index (κ3) is 5.00. The summed E-state index contributed by atoms with van der Waals surface area (Å²) < 4.78 is 20.9. The smallest absolute Gasteiger partial charge is 0.251 e. The van der Waals surface area contributed by atoms with E-state index in [9.17, 15) is 4.79 Å². The van der Waals surface area contributed by atoms with Gasteiger partial charge in [0.25, 0.3) is 5.91 Å². The van der Waals surface area contributed by atoms with E-state index in [-0.39, 0.29) is 12.5 Å². The second-order valence-corrected chi connectivity index (χ2v) is 5.95. The van der Waals surface area contributed by atoms with Gasteiger partial charge in [-0.25, -0.2) is 0 Å². The van der Waals surface area contributed by atoms with Gasteiger partial charge in [-0.2, -0.15) is 4.98 Å². The Hall–Kier alpha value is -3.55. The molecule has 146 valence electrons. The van der Waals surface area contributed by atoms with Gasteiger partial charge in [-0.15, -0.1) is 0 Å². The molecule has 3 aromatic rings. The number of hydrogen-bond donors (Lipinski definition) is 1. The van der Waals surface area contributed by atoms with Gasteiger partial charge in [0.2, 0.25) is 11.7 Å². The summed E-state index contributed by atoms with van der Waals surface area (Å²) in [6, 6.07) is 12.3. The molecule has 0 saturated carbocycles. The van der Waals surface area contributed by atoms with Gasteiger partial charge in [-0.3, -0.25) is 4.79 Å². The molecule has 3 rings (SSSR count). The van der Waals surface area contributed by atoms with Crippen molar-refractivity contribution in [2.45, 2.75) is 20.1 Å². The van der Waals surface area contributed by atoms with Crippen LogP contribution in [0.3, 0.4) is 0 Å². The van der Waals surface area contributed by atoms with E-state index in [1.165, 1.54) is 0 Å². The molecule has 0 bridgehead atoms. The molecule has 0 radical (unpaired) electrons. The Kier molecular flexibility index (Phi) is 6.11. The number of nitrogens with zero attached hydrogens (tertiary/aromatic N) is 2. The second kappa shape index (κ2) is 8.90. The lowest BCUT2D eigenvalue weighted by Gasteiger charge is -2.10. The molecule has 0 atom stereocenters. The highest BCUT2D eigenvalue weighted by Gasteiger charge is 2.08. The molecule has 8 nitrogen and oxygen atoms in total. The number of benzene rings is 2. The van der Waals surface area contributed by atoms with Crippen LogP contribution in [0.4, 0.5) is 0 Å². The van der Waals surface area contributed by atoms with E-state index >= 15 is 0 Å². The molecule has 0 aliphatic rings. The van der Waals surface area contributed by atoms with Crippen LogP contribution < -0.4 is 19.5 Å². The molecular weight excluding hydrogens is 362 g/mol. The van der Waals surface area contributed by atoms with Crippen LogP contribution in [0.15, 0.2) is 47.0 Å². The maximum atomic E-state index is 12.4. The number of aryl methyl sites for hydroxylation is 1.